The molecular formula is C20H27ClFIN4OS. The SMILES string of the molecule is CN=C(NCCc1c(F)cccc1Cl)NCC(c1cccs1)N1CCOCC1.I. The summed E-state index contributed by atoms with van der Waals surface area (Å²) in [4.78, 5) is 8.05. The van der Waals surface area contributed by atoms with Crippen molar-refractivity contribution in [1.29, 1.82) is 0 Å². The zero-order valence-electron chi connectivity index (χ0n) is 16.4. The van der Waals surface area contributed by atoms with Crippen LogP contribution in [0.1, 0.15) is 16.5 Å². The standard InChI is InChI=1S/C20H26ClFN4OS.HI/c1-23-20(24-8-7-15-16(21)4-2-5-17(15)22)25-14-18(19-6-3-13-28-19)26-9-11-27-12-10-26;/h2-6,13,18H,7-12,14H2,1H3,(H2,23,24,25);1H. The Labute approximate surface area is 197 Å². The Kier molecular flexibility index (Phi) is 10.6. The Morgan fingerprint density at radius 3 is 2.72 bits per heavy atom. The maximum atomic E-state index is 13.9. The molecule has 5 nitrogen and oxygen atoms in total. The van der Waals surface area contributed by atoms with Crippen molar-refractivity contribution < 1.29 is 9.13 Å². The van der Waals surface area contributed by atoms with E-state index in [9.17, 15) is 4.39 Å². The van der Waals surface area contributed by atoms with Crippen LogP contribution in [0, 0.1) is 5.82 Å². The highest BCUT2D eigenvalue weighted by molar-refractivity contribution is 14.0. The van der Waals surface area contributed by atoms with Crippen LogP contribution in [-0.2, 0) is 11.2 Å². The predicted octanol–water partition coefficient (Wildman–Crippen LogP) is 3.94. The monoisotopic (exact) mass is 552 g/mol. The van der Waals surface area contributed by atoms with E-state index in [0.717, 1.165) is 32.8 Å². The van der Waals surface area contributed by atoms with E-state index in [1.165, 1.54) is 10.9 Å². The smallest absolute Gasteiger partial charge is 0.191 e. The molecule has 1 aliphatic rings. The average Bonchev–Trinajstić information content (AvgIpc) is 3.24. The van der Waals surface area contributed by atoms with E-state index in [0.29, 0.717) is 29.5 Å². The fourth-order valence-electron chi connectivity index (χ4n) is 3.27. The van der Waals surface area contributed by atoms with Gasteiger partial charge in [-0.25, -0.2) is 4.39 Å². The van der Waals surface area contributed by atoms with Crippen molar-refractivity contribution >= 4 is 52.9 Å². The number of halogens is 3. The third kappa shape index (κ3) is 7.06. The molecule has 1 saturated heterocycles. The van der Waals surface area contributed by atoms with E-state index in [-0.39, 0.29) is 35.8 Å². The lowest BCUT2D eigenvalue weighted by molar-refractivity contribution is 0.0177. The van der Waals surface area contributed by atoms with Crippen molar-refractivity contribution in [2.24, 2.45) is 4.99 Å². The highest BCUT2D eigenvalue weighted by Gasteiger charge is 2.23. The van der Waals surface area contributed by atoms with Gasteiger partial charge in [0.1, 0.15) is 5.82 Å². The highest BCUT2D eigenvalue weighted by Crippen LogP contribution is 2.25. The zero-order chi connectivity index (χ0) is 19.8. The number of aliphatic imine (C=N–C) groups is 1. The van der Waals surface area contributed by atoms with Crippen LogP contribution in [0.25, 0.3) is 0 Å². The topological polar surface area (TPSA) is 48.9 Å². The third-order valence-electron chi connectivity index (χ3n) is 4.77. The number of hydrogen-bond acceptors (Lipinski definition) is 4. The number of nitrogens with zero attached hydrogens (tertiary/aromatic N) is 2. The van der Waals surface area contributed by atoms with Gasteiger partial charge in [0, 0.05) is 48.7 Å². The van der Waals surface area contributed by atoms with Gasteiger partial charge in [0.15, 0.2) is 5.96 Å². The Morgan fingerprint density at radius 2 is 2.07 bits per heavy atom. The minimum Gasteiger partial charge on any atom is -0.379 e. The van der Waals surface area contributed by atoms with Crippen molar-refractivity contribution in [3.8, 4) is 0 Å². The summed E-state index contributed by atoms with van der Waals surface area (Å²) in [5, 5.41) is 9.22. The van der Waals surface area contributed by atoms with Gasteiger partial charge in [0.05, 0.1) is 19.3 Å². The second kappa shape index (κ2) is 12.7. The molecule has 1 unspecified atom stereocenters. The molecule has 0 saturated carbocycles. The van der Waals surface area contributed by atoms with Gasteiger partial charge in [-0.1, -0.05) is 23.7 Å². The molecule has 1 aliphatic heterocycles. The second-order valence-corrected chi connectivity index (χ2v) is 7.90. The Bertz CT molecular complexity index is 752. The van der Waals surface area contributed by atoms with Crippen molar-refractivity contribution in [3.05, 3.63) is 57.0 Å². The Hall–Kier alpha value is -0.940. The molecule has 9 heteroatoms. The van der Waals surface area contributed by atoms with Crippen molar-refractivity contribution in [2.45, 2.75) is 12.5 Å². The minimum atomic E-state index is -0.276. The van der Waals surface area contributed by atoms with Gasteiger partial charge < -0.3 is 15.4 Å². The van der Waals surface area contributed by atoms with Crippen LogP contribution in [0.5, 0.6) is 0 Å². The van der Waals surface area contributed by atoms with Crippen molar-refractivity contribution in [3.63, 3.8) is 0 Å². The molecule has 160 valence electrons. The van der Waals surface area contributed by atoms with Gasteiger partial charge in [0.25, 0.3) is 0 Å². The lowest BCUT2D eigenvalue weighted by atomic mass is 10.1. The van der Waals surface area contributed by atoms with Crippen molar-refractivity contribution in [2.75, 3.05) is 46.4 Å². The number of nitrogens with one attached hydrogen (secondary N) is 2. The van der Waals surface area contributed by atoms with Gasteiger partial charge in [-0.05, 0) is 30.0 Å². The lowest BCUT2D eigenvalue weighted by Gasteiger charge is -2.34. The number of benzene rings is 1. The molecule has 1 atom stereocenters. The molecule has 0 radical (unpaired) electrons. The summed E-state index contributed by atoms with van der Waals surface area (Å²) >= 11 is 7.86. The summed E-state index contributed by atoms with van der Waals surface area (Å²) in [5.74, 6) is 0.421. The molecule has 0 aliphatic carbocycles. The maximum absolute atomic E-state index is 13.9. The summed E-state index contributed by atoms with van der Waals surface area (Å²) in [6, 6.07) is 9.28. The number of morpholine rings is 1. The van der Waals surface area contributed by atoms with E-state index >= 15 is 0 Å². The zero-order valence-corrected chi connectivity index (χ0v) is 20.3. The van der Waals surface area contributed by atoms with Gasteiger partial charge in [0.2, 0.25) is 0 Å². The molecule has 1 aromatic heterocycles. The first-order valence-corrected chi connectivity index (χ1v) is 10.7. The molecular weight excluding hydrogens is 526 g/mol. The summed E-state index contributed by atoms with van der Waals surface area (Å²) in [6.45, 7) is 4.64. The quantitative estimate of drug-likeness (QED) is 0.310. The maximum Gasteiger partial charge on any atom is 0.191 e. The molecule has 1 fully saturated rings. The van der Waals surface area contributed by atoms with Crippen molar-refractivity contribution in [1.82, 2.24) is 15.5 Å². The molecule has 2 N–H and O–H groups in total. The van der Waals surface area contributed by atoms with E-state index in [1.807, 2.05) is 0 Å². The second-order valence-electron chi connectivity index (χ2n) is 6.51. The number of rotatable bonds is 7. The first kappa shape index (κ1) is 24.3. The molecule has 29 heavy (non-hydrogen) atoms. The molecule has 0 amide bonds. The van der Waals surface area contributed by atoms with Crippen LogP contribution in [0.15, 0.2) is 40.7 Å². The van der Waals surface area contributed by atoms with Gasteiger partial charge in [-0.2, -0.15) is 0 Å². The van der Waals surface area contributed by atoms with Crippen LogP contribution in [-0.4, -0.2) is 57.3 Å². The van der Waals surface area contributed by atoms with Gasteiger partial charge in [-0.3, -0.25) is 9.89 Å². The van der Waals surface area contributed by atoms with Gasteiger partial charge >= 0.3 is 0 Å². The predicted molar refractivity (Wildman–Crippen MR) is 129 cm³/mol. The fourth-order valence-corrected chi connectivity index (χ4v) is 4.39. The third-order valence-corrected chi connectivity index (χ3v) is 6.10. The van der Waals surface area contributed by atoms with Crippen LogP contribution < -0.4 is 10.6 Å². The van der Waals surface area contributed by atoms with Crippen LogP contribution >= 0.6 is 46.9 Å². The van der Waals surface area contributed by atoms with E-state index < -0.39 is 0 Å². The average molecular weight is 553 g/mol. The number of ether oxygens (including phenoxy) is 1. The fraction of sp³-hybridized carbons (Fsp3) is 0.450. The molecule has 2 aromatic rings. The Balaban J connectivity index is 0.00000300. The van der Waals surface area contributed by atoms with E-state index in [4.69, 9.17) is 16.3 Å². The van der Waals surface area contributed by atoms with E-state index in [2.05, 4.69) is 38.0 Å². The van der Waals surface area contributed by atoms with Crippen LogP contribution in [0.2, 0.25) is 5.02 Å². The summed E-state index contributed by atoms with van der Waals surface area (Å²) in [7, 11) is 1.74. The van der Waals surface area contributed by atoms with Crippen LogP contribution in [0.3, 0.4) is 0 Å². The lowest BCUT2D eigenvalue weighted by Crippen LogP contribution is -2.46. The summed E-state index contributed by atoms with van der Waals surface area (Å²) in [6.07, 6.45) is 0.490. The molecule has 2 heterocycles. The molecule has 1 aromatic carbocycles. The number of guanidine groups is 1. The molecule has 3 rings (SSSR count). The largest absolute Gasteiger partial charge is 0.379 e. The van der Waals surface area contributed by atoms with E-state index in [1.54, 1.807) is 30.5 Å². The number of thiophene rings is 1. The molecule has 0 bridgehead atoms. The summed E-state index contributed by atoms with van der Waals surface area (Å²) < 4.78 is 19.4. The first-order chi connectivity index (χ1) is 13.7. The minimum absolute atomic E-state index is 0. The molecule has 0 spiro atoms. The highest BCUT2D eigenvalue weighted by atomic mass is 127. The normalized spacial score (nSPS) is 16.2. The Morgan fingerprint density at radius 1 is 1.28 bits per heavy atom. The summed E-state index contributed by atoms with van der Waals surface area (Å²) in [5.41, 5.74) is 0.525. The number of hydrogen-bond donors (Lipinski definition) is 2. The first-order valence-electron chi connectivity index (χ1n) is 9.41. The van der Waals surface area contributed by atoms with Crippen LogP contribution in [0.4, 0.5) is 4.39 Å². The van der Waals surface area contributed by atoms with Gasteiger partial charge in [-0.15, -0.1) is 35.3 Å².